The second-order valence-corrected chi connectivity index (χ2v) is 5.92. The van der Waals surface area contributed by atoms with E-state index in [2.05, 4.69) is 37.4 Å². The Labute approximate surface area is 114 Å². The molecule has 2 aromatic heterocycles. The van der Waals surface area contributed by atoms with Crippen molar-refractivity contribution in [1.82, 2.24) is 19.3 Å². The molecule has 0 fully saturated rings. The van der Waals surface area contributed by atoms with Crippen LogP contribution in [0.3, 0.4) is 0 Å². The van der Waals surface area contributed by atoms with Gasteiger partial charge in [-0.1, -0.05) is 6.92 Å². The summed E-state index contributed by atoms with van der Waals surface area (Å²) in [5.74, 6) is 1.77. The average molecular weight is 261 g/mol. The number of rotatable bonds is 3. The number of imidazole rings is 1. The van der Waals surface area contributed by atoms with Crippen molar-refractivity contribution in [3.63, 3.8) is 0 Å². The molecule has 0 unspecified atom stereocenters. The van der Waals surface area contributed by atoms with Crippen molar-refractivity contribution in [2.24, 2.45) is 7.05 Å². The molecule has 0 aliphatic heterocycles. The fraction of sp³-hybridized carbons (Fsp3) is 0.571. The maximum absolute atomic E-state index is 6.33. The van der Waals surface area contributed by atoms with E-state index in [4.69, 9.17) is 10.7 Å². The number of nitrogens with two attached hydrogens (primary N) is 1. The average Bonchev–Trinajstić information content (AvgIpc) is 2.82. The second-order valence-electron chi connectivity index (χ2n) is 5.92. The van der Waals surface area contributed by atoms with Crippen molar-refractivity contribution >= 4 is 5.82 Å². The van der Waals surface area contributed by atoms with E-state index in [1.807, 2.05) is 13.2 Å². The van der Waals surface area contributed by atoms with Crippen LogP contribution in [0, 0.1) is 0 Å². The molecule has 0 amide bonds. The van der Waals surface area contributed by atoms with Gasteiger partial charge in [0.25, 0.3) is 0 Å². The zero-order valence-corrected chi connectivity index (χ0v) is 12.4. The highest BCUT2D eigenvalue weighted by atomic mass is 15.2. The van der Waals surface area contributed by atoms with Gasteiger partial charge < -0.3 is 10.3 Å². The maximum atomic E-state index is 6.33. The lowest BCUT2D eigenvalue weighted by atomic mass is 10.1. The van der Waals surface area contributed by atoms with Gasteiger partial charge in [0.15, 0.2) is 0 Å². The first-order valence-electron chi connectivity index (χ1n) is 6.71. The highest BCUT2D eigenvalue weighted by Crippen LogP contribution is 2.31. The summed E-state index contributed by atoms with van der Waals surface area (Å²) in [6.45, 7) is 8.60. The summed E-state index contributed by atoms with van der Waals surface area (Å²) in [7, 11) is 1.90. The molecule has 0 spiro atoms. The molecule has 0 radical (unpaired) electrons. The van der Waals surface area contributed by atoms with Crippen molar-refractivity contribution < 1.29 is 0 Å². The summed E-state index contributed by atoms with van der Waals surface area (Å²) in [5.41, 5.74) is 8.07. The molecule has 104 valence electrons. The van der Waals surface area contributed by atoms with E-state index in [9.17, 15) is 0 Å². The van der Waals surface area contributed by atoms with Crippen LogP contribution in [-0.2, 0) is 19.0 Å². The zero-order valence-electron chi connectivity index (χ0n) is 12.4. The van der Waals surface area contributed by atoms with E-state index in [1.54, 1.807) is 10.9 Å². The monoisotopic (exact) mass is 261 g/mol. The predicted octanol–water partition coefficient (Wildman–Crippen LogP) is 2.57. The number of hydrogen-bond donors (Lipinski definition) is 1. The number of nitrogens with zero attached hydrogens (tertiary/aromatic N) is 4. The Kier molecular flexibility index (Phi) is 3.39. The summed E-state index contributed by atoms with van der Waals surface area (Å²) in [6.07, 6.45) is 5.74. The van der Waals surface area contributed by atoms with Gasteiger partial charge in [0.2, 0.25) is 0 Å². The number of nitrogen functional groups attached to an aromatic ring is 1. The van der Waals surface area contributed by atoms with Gasteiger partial charge in [-0.3, -0.25) is 4.68 Å². The molecule has 0 saturated carbocycles. The van der Waals surface area contributed by atoms with Crippen molar-refractivity contribution in [3.05, 3.63) is 18.2 Å². The first-order valence-corrected chi connectivity index (χ1v) is 6.71. The Morgan fingerprint density at radius 1 is 1.32 bits per heavy atom. The lowest BCUT2D eigenvalue weighted by molar-refractivity contribution is 0.387. The quantitative estimate of drug-likeness (QED) is 0.923. The van der Waals surface area contributed by atoms with Crippen LogP contribution in [0.15, 0.2) is 12.4 Å². The molecule has 0 bridgehead atoms. The minimum atomic E-state index is -0.0674. The number of aromatic nitrogens is 4. The van der Waals surface area contributed by atoms with E-state index in [1.165, 1.54) is 0 Å². The van der Waals surface area contributed by atoms with Gasteiger partial charge in [0.05, 0.1) is 6.20 Å². The third kappa shape index (κ3) is 2.50. The van der Waals surface area contributed by atoms with Crippen molar-refractivity contribution in [3.8, 4) is 11.3 Å². The Morgan fingerprint density at radius 3 is 2.47 bits per heavy atom. The highest BCUT2D eigenvalue weighted by Gasteiger charge is 2.24. The van der Waals surface area contributed by atoms with Crippen LogP contribution >= 0.6 is 0 Å². The molecule has 0 aromatic carbocycles. The Balaban J connectivity index is 2.58. The fourth-order valence-corrected chi connectivity index (χ4v) is 2.38. The molecule has 2 N–H and O–H groups in total. The topological polar surface area (TPSA) is 61.7 Å². The minimum Gasteiger partial charge on any atom is -0.383 e. The van der Waals surface area contributed by atoms with Gasteiger partial charge in [0, 0.05) is 30.8 Å². The van der Waals surface area contributed by atoms with Gasteiger partial charge in [-0.25, -0.2) is 4.98 Å². The summed E-state index contributed by atoms with van der Waals surface area (Å²) in [5, 5.41) is 4.19. The van der Waals surface area contributed by atoms with Crippen LogP contribution in [0.25, 0.3) is 11.3 Å². The minimum absolute atomic E-state index is 0.0674. The van der Waals surface area contributed by atoms with Crippen LogP contribution in [0.4, 0.5) is 5.82 Å². The van der Waals surface area contributed by atoms with Gasteiger partial charge in [-0.2, -0.15) is 5.10 Å². The molecule has 19 heavy (non-hydrogen) atoms. The van der Waals surface area contributed by atoms with Crippen LogP contribution < -0.4 is 5.73 Å². The number of hydrogen-bond acceptors (Lipinski definition) is 3. The molecular weight excluding hydrogens is 238 g/mol. The van der Waals surface area contributed by atoms with E-state index >= 15 is 0 Å². The normalized spacial score (nSPS) is 12.1. The number of anilines is 1. The first kappa shape index (κ1) is 13.6. The highest BCUT2D eigenvalue weighted by molar-refractivity contribution is 5.70. The lowest BCUT2D eigenvalue weighted by Gasteiger charge is -2.25. The van der Waals surface area contributed by atoms with Crippen LogP contribution in [-0.4, -0.2) is 19.3 Å². The van der Waals surface area contributed by atoms with E-state index < -0.39 is 0 Å². The third-order valence-electron chi connectivity index (χ3n) is 3.11. The van der Waals surface area contributed by atoms with E-state index in [0.717, 1.165) is 35.7 Å². The maximum Gasteiger partial charge on any atom is 0.132 e. The lowest BCUT2D eigenvalue weighted by Crippen LogP contribution is -2.25. The second kappa shape index (κ2) is 4.72. The van der Waals surface area contributed by atoms with Crippen molar-refractivity contribution in [2.75, 3.05) is 5.73 Å². The molecule has 2 aromatic rings. The Hall–Kier alpha value is -1.78. The van der Waals surface area contributed by atoms with Crippen LogP contribution in [0.5, 0.6) is 0 Å². The first-order chi connectivity index (χ1) is 8.84. The largest absolute Gasteiger partial charge is 0.383 e. The summed E-state index contributed by atoms with van der Waals surface area (Å²) in [6, 6.07) is 0. The molecule has 5 nitrogen and oxygen atoms in total. The molecule has 0 saturated heterocycles. The summed E-state index contributed by atoms with van der Waals surface area (Å²) >= 11 is 0. The van der Waals surface area contributed by atoms with Crippen molar-refractivity contribution in [1.29, 1.82) is 0 Å². The standard InChI is InChI=1S/C14H23N5/c1-6-7-11-17-12(10-8-16-18(5)9-10)13(15)19(11)14(2,3)4/h8-9H,6-7,15H2,1-5H3. The molecule has 0 aliphatic rings. The Bertz CT molecular complexity index is 571. The van der Waals surface area contributed by atoms with Gasteiger partial charge in [-0.05, 0) is 27.2 Å². The molecule has 2 rings (SSSR count). The van der Waals surface area contributed by atoms with Gasteiger partial charge in [-0.15, -0.1) is 0 Å². The van der Waals surface area contributed by atoms with Crippen LogP contribution in [0.1, 0.15) is 39.9 Å². The van der Waals surface area contributed by atoms with E-state index in [-0.39, 0.29) is 5.54 Å². The molecule has 2 heterocycles. The number of aryl methyl sites for hydroxylation is 2. The van der Waals surface area contributed by atoms with Crippen molar-refractivity contribution in [2.45, 2.75) is 46.1 Å². The van der Waals surface area contributed by atoms with Gasteiger partial charge in [0.1, 0.15) is 17.3 Å². The van der Waals surface area contributed by atoms with Crippen LogP contribution in [0.2, 0.25) is 0 Å². The van der Waals surface area contributed by atoms with Gasteiger partial charge >= 0.3 is 0 Å². The molecule has 0 atom stereocenters. The molecular formula is C14H23N5. The molecule has 5 heteroatoms. The molecule has 0 aliphatic carbocycles. The smallest absolute Gasteiger partial charge is 0.132 e. The third-order valence-corrected chi connectivity index (χ3v) is 3.11. The Morgan fingerprint density at radius 2 is 2.00 bits per heavy atom. The predicted molar refractivity (Wildman–Crippen MR) is 77.8 cm³/mol. The SMILES string of the molecule is CCCc1nc(-c2cnn(C)c2)c(N)n1C(C)(C)C. The fourth-order valence-electron chi connectivity index (χ4n) is 2.38. The zero-order chi connectivity index (χ0) is 14.2. The summed E-state index contributed by atoms with van der Waals surface area (Å²) in [4.78, 5) is 4.73. The van der Waals surface area contributed by atoms with E-state index in [0.29, 0.717) is 0 Å². The summed E-state index contributed by atoms with van der Waals surface area (Å²) < 4.78 is 3.91.